The minimum Gasteiger partial charge on any atom is -0.448 e. The van der Waals surface area contributed by atoms with Crippen LogP contribution in [0.15, 0.2) is 29.2 Å². The molecule has 1 aromatic rings. The van der Waals surface area contributed by atoms with Crippen molar-refractivity contribution in [3.05, 3.63) is 29.3 Å². The van der Waals surface area contributed by atoms with Crippen LogP contribution in [0.25, 0.3) is 0 Å². The van der Waals surface area contributed by atoms with Crippen molar-refractivity contribution in [1.29, 1.82) is 0 Å². The lowest BCUT2D eigenvalue weighted by Gasteiger charge is -2.40. The van der Waals surface area contributed by atoms with E-state index in [2.05, 4.69) is 4.90 Å². The van der Waals surface area contributed by atoms with Crippen LogP contribution in [0.3, 0.4) is 0 Å². The third-order valence-corrected chi connectivity index (χ3v) is 9.89. The summed E-state index contributed by atoms with van der Waals surface area (Å²) in [7, 11) is -3.75. The molecule has 11 heteroatoms. The van der Waals surface area contributed by atoms with E-state index < -0.39 is 22.2 Å². The maximum absolute atomic E-state index is 13.4. The number of likely N-dealkylation sites (tertiary alicyclic amines) is 2. The highest BCUT2D eigenvalue weighted by atomic mass is 35.5. The van der Waals surface area contributed by atoms with E-state index in [0.717, 1.165) is 45.1 Å². The van der Waals surface area contributed by atoms with Gasteiger partial charge in [-0.25, -0.2) is 13.2 Å². The Kier molecular flexibility index (Phi) is 8.25. The van der Waals surface area contributed by atoms with Gasteiger partial charge in [-0.15, -0.1) is 0 Å². The first-order chi connectivity index (χ1) is 16.7. The first-order valence-electron chi connectivity index (χ1n) is 12.4. The number of benzene rings is 1. The number of amides is 2. The second-order valence-corrected chi connectivity index (χ2v) is 12.1. The zero-order valence-corrected chi connectivity index (χ0v) is 21.7. The second-order valence-electron chi connectivity index (χ2n) is 9.82. The monoisotopic (exact) mass is 526 g/mol. The fourth-order valence-corrected chi connectivity index (χ4v) is 7.74. The average molecular weight is 527 g/mol. The number of hydrogen-bond donors (Lipinski definition) is 1. The van der Waals surface area contributed by atoms with Gasteiger partial charge in [0, 0.05) is 30.2 Å². The molecule has 3 saturated heterocycles. The number of nitrogens with two attached hydrogens (primary N) is 1. The number of halogens is 1. The predicted molar refractivity (Wildman–Crippen MR) is 132 cm³/mol. The quantitative estimate of drug-likeness (QED) is 0.609. The molecule has 0 aliphatic carbocycles. The Bertz CT molecular complexity index is 1010. The number of sulfonamides is 1. The number of rotatable bonds is 6. The molecule has 1 aromatic carbocycles. The van der Waals surface area contributed by atoms with Crippen molar-refractivity contribution in [2.24, 2.45) is 5.73 Å². The Balaban J connectivity index is 1.34. The van der Waals surface area contributed by atoms with Gasteiger partial charge in [0.25, 0.3) is 0 Å². The van der Waals surface area contributed by atoms with Crippen LogP contribution >= 0.6 is 11.6 Å². The lowest BCUT2D eigenvalue weighted by atomic mass is 10.0. The summed E-state index contributed by atoms with van der Waals surface area (Å²) < 4.78 is 33.9. The average Bonchev–Trinajstić information content (AvgIpc) is 3.33. The van der Waals surface area contributed by atoms with Crippen LogP contribution in [-0.2, 0) is 19.6 Å². The molecule has 2 amide bonds. The zero-order chi connectivity index (χ0) is 25.2. The minimum atomic E-state index is -3.75. The molecule has 4 rings (SSSR count). The number of carbonyl (C=O) groups excluding carboxylic acids is 2. The van der Waals surface area contributed by atoms with Crippen molar-refractivity contribution < 1.29 is 22.7 Å². The van der Waals surface area contributed by atoms with Gasteiger partial charge in [-0.1, -0.05) is 18.0 Å². The van der Waals surface area contributed by atoms with Crippen molar-refractivity contribution in [1.82, 2.24) is 14.1 Å². The van der Waals surface area contributed by atoms with Gasteiger partial charge in [-0.2, -0.15) is 4.31 Å². The largest absolute Gasteiger partial charge is 0.448 e. The summed E-state index contributed by atoms with van der Waals surface area (Å²) in [5, 5.41) is 0.472. The van der Waals surface area contributed by atoms with Gasteiger partial charge in [0.1, 0.15) is 6.61 Å². The van der Waals surface area contributed by atoms with E-state index in [-0.39, 0.29) is 35.5 Å². The number of ether oxygens (including phenoxy) is 1. The summed E-state index contributed by atoms with van der Waals surface area (Å²) in [6.07, 6.45) is 5.13. The van der Waals surface area contributed by atoms with E-state index in [1.54, 1.807) is 17.0 Å². The van der Waals surface area contributed by atoms with Crippen molar-refractivity contribution >= 4 is 33.6 Å². The Hall–Kier alpha value is -1.88. The minimum absolute atomic E-state index is 0.0196. The number of carbonyl (C=O) groups is 2. The lowest BCUT2D eigenvalue weighted by Crippen LogP contribution is -2.52. The smallest absolute Gasteiger partial charge is 0.409 e. The highest BCUT2D eigenvalue weighted by Crippen LogP contribution is 2.31. The molecule has 194 valence electrons. The molecule has 3 aliphatic heterocycles. The van der Waals surface area contributed by atoms with Crippen LogP contribution in [0.5, 0.6) is 0 Å². The molecule has 3 aliphatic rings. The van der Waals surface area contributed by atoms with Crippen molar-refractivity contribution in [3.8, 4) is 0 Å². The lowest BCUT2D eigenvalue weighted by molar-refractivity contribution is -0.123. The highest BCUT2D eigenvalue weighted by Gasteiger charge is 2.40. The molecule has 0 saturated carbocycles. The Morgan fingerprint density at radius 3 is 2.37 bits per heavy atom. The van der Waals surface area contributed by atoms with E-state index in [0.29, 0.717) is 24.5 Å². The maximum atomic E-state index is 13.4. The van der Waals surface area contributed by atoms with Gasteiger partial charge in [-0.3, -0.25) is 9.69 Å². The summed E-state index contributed by atoms with van der Waals surface area (Å²) in [5.74, 6) is -0.274. The van der Waals surface area contributed by atoms with Gasteiger partial charge in [-0.05, 0) is 76.3 Å². The molecular formula is C24H35ClN4O5S. The Morgan fingerprint density at radius 1 is 1.03 bits per heavy atom. The number of hydrogen-bond acceptors (Lipinski definition) is 6. The fraction of sp³-hybridized carbons (Fsp3) is 0.667. The Labute approximate surface area is 212 Å². The zero-order valence-electron chi connectivity index (χ0n) is 20.1. The van der Waals surface area contributed by atoms with E-state index in [1.165, 1.54) is 16.4 Å². The van der Waals surface area contributed by atoms with Gasteiger partial charge >= 0.3 is 6.09 Å². The first kappa shape index (κ1) is 26.2. The molecule has 0 aromatic heterocycles. The topological polar surface area (TPSA) is 113 Å². The summed E-state index contributed by atoms with van der Waals surface area (Å²) in [5.41, 5.74) is 5.56. The van der Waals surface area contributed by atoms with Crippen LogP contribution in [0.1, 0.15) is 51.9 Å². The molecule has 0 spiro atoms. The molecule has 35 heavy (non-hydrogen) atoms. The SMILES string of the molecule is C[C@@H]1CCC[C@H](COC(=O)N2CCC(N3CCC[C@H]3C(N)=O)CC2)N1S(=O)(=O)c1ccc(Cl)cc1. The van der Waals surface area contributed by atoms with Gasteiger partial charge < -0.3 is 15.4 Å². The van der Waals surface area contributed by atoms with E-state index in [9.17, 15) is 18.0 Å². The van der Waals surface area contributed by atoms with Gasteiger partial charge in [0.05, 0.1) is 17.0 Å². The van der Waals surface area contributed by atoms with Gasteiger partial charge in [0.2, 0.25) is 15.9 Å². The van der Waals surface area contributed by atoms with Crippen molar-refractivity contribution in [3.63, 3.8) is 0 Å². The second kappa shape index (κ2) is 11.0. The summed E-state index contributed by atoms with van der Waals surface area (Å²) in [4.78, 5) is 28.6. The fourth-order valence-electron chi connectivity index (χ4n) is 5.75. The van der Waals surface area contributed by atoms with Crippen molar-refractivity contribution in [2.75, 3.05) is 26.2 Å². The summed E-state index contributed by atoms with van der Waals surface area (Å²) in [6.45, 7) is 3.86. The van der Waals surface area contributed by atoms with Crippen molar-refractivity contribution in [2.45, 2.75) is 80.9 Å². The molecule has 3 heterocycles. The van der Waals surface area contributed by atoms with E-state index in [4.69, 9.17) is 22.1 Å². The molecule has 3 atom stereocenters. The summed E-state index contributed by atoms with van der Waals surface area (Å²) >= 11 is 5.94. The first-order valence-corrected chi connectivity index (χ1v) is 14.3. The predicted octanol–water partition coefficient (Wildman–Crippen LogP) is 2.82. The van der Waals surface area contributed by atoms with Crippen LogP contribution < -0.4 is 5.73 Å². The molecule has 0 bridgehead atoms. The van der Waals surface area contributed by atoms with Crippen LogP contribution in [-0.4, -0.2) is 84.9 Å². The normalized spacial score (nSPS) is 27.1. The van der Waals surface area contributed by atoms with Crippen LogP contribution in [0, 0.1) is 0 Å². The van der Waals surface area contributed by atoms with Gasteiger partial charge in [0.15, 0.2) is 0 Å². The van der Waals surface area contributed by atoms with E-state index >= 15 is 0 Å². The standard InChI is InChI=1S/C24H35ClN4O5S/c1-17-4-2-5-20(29(17)35(32,33)21-9-7-18(25)8-10-21)16-34-24(31)27-14-11-19(12-15-27)28-13-3-6-22(28)23(26)30/h7-10,17,19-20,22H,2-6,11-16H2,1H3,(H2,26,30)/t17-,20-,22+/m1/s1. The Morgan fingerprint density at radius 2 is 1.71 bits per heavy atom. The maximum Gasteiger partial charge on any atom is 0.409 e. The van der Waals surface area contributed by atoms with Crippen LogP contribution in [0.4, 0.5) is 4.79 Å². The molecule has 2 N–H and O–H groups in total. The highest BCUT2D eigenvalue weighted by molar-refractivity contribution is 7.89. The molecule has 0 radical (unpaired) electrons. The molecule has 0 unspecified atom stereocenters. The number of nitrogens with zero attached hydrogens (tertiary/aromatic N) is 3. The molecule has 9 nitrogen and oxygen atoms in total. The third kappa shape index (κ3) is 5.76. The number of primary amides is 1. The number of piperidine rings is 2. The third-order valence-electron chi connectivity index (χ3n) is 7.56. The van der Waals surface area contributed by atoms with E-state index in [1.807, 2.05) is 6.92 Å². The van der Waals surface area contributed by atoms with Crippen LogP contribution in [0.2, 0.25) is 5.02 Å². The summed E-state index contributed by atoms with van der Waals surface area (Å²) in [6, 6.07) is 5.57. The molecule has 3 fully saturated rings. The molecular weight excluding hydrogens is 492 g/mol.